The van der Waals surface area contributed by atoms with E-state index in [1.807, 2.05) is 7.11 Å². The van der Waals surface area contributed by atoms with Crippen molar-refractivity contribution in [1.29, 1.82) is 0 Å². The van der Waals surface area contributed by atoms with Crippen LogP contribution < -0.4 is 5.73 Å². The Kier molecular flexibility index (Phi) is 4.68. The molecule has 2 N–H and O–H groups in total. The summed E-state index contributed by atoms with van der Waals surface area (Å²) in [5.41, 5.74) is 6.44. The fourth-order valence-electron chi connectivity index (χ4n) is 4.04. The number of nitrogens with two attached hydrogens (primary N) is 1. The maximum Gasteiger partial charge on any atom is 0.0724 e. The number of nitrogens with zero attached hydrogens (tertiary/aromatic N) is 1. The highest BCUT2D eigenvalue weighted by molar-refractivity contribution is 5.00. The van der Waals surface area contributed by atoms with Crippen LogP contribution in [0.3, 0.4) is 0 Å². The molecule has 3 heteroatoms. The Morgan fingerprint density at radius 2 is 2.06 bits per heavy atom. The topological polar surface area (TPSA) is 38.5 Å². The van der Waals surface area contributed by atoms with Gasteiger partial charge in [0.2, 0.25) is 0 Å². The van der Waals surface area contributed by atoms with Crippen LogP contribution in [0, 0.1) is 11.8 Å². The lowest BCUT2D eigenvalue weighted by molar-refractivity contribution is -0.0713. The third-order valence-corrected chi connectivity index (χ3v) is 5.59. The standard InChI is InChI=1S/C15H30N2O/c1-12-7-9-17(10-14(12)18-3)15(11-16)8-5-4-6-13(15)2/h12-14H,4-11,16H2,1-3H3. The first-order chi connectivity index (χ1) is 8.64. The number of hydrogen-bond donors (Lipinski definition) is 1. The van der Waals surface area contributed by atoms with E-state index in [1.54, 1.807) is 0 Å². The second-order valence-corrected chi connectivity index (χ2v) is 6.44. The minimum absolute atomic E-state index is 0.245. The zero-order valence-electron chi connectivity index (χ0n) is 12.3. The third-order valence-electron chi connectivity index (χ3n) is 5.59. The molecule has 18 heavy (non-hydrogen) atoms. The lowest BCUT2D eigenvalue weighted by Crippen LogP contribution is -2.63. The second kappa shape index (κ2) is 5.89. The smallest absolute Gasteiger partial charge is 0.0724 e. The second-order valence-electron chi connectivity index (χ2n) is 6.44. The molecule has 1 aliphatic heterocycles. The molecule has 3 nitrogen and oxygen atoms in total. The Labute approximate surface area is 112 Å². The Hall–Kier alpha value is -0.120. The van der Waals surface area contributed by atoms with Gasteiger partial charge in [-0.1, -0.05) is 26.7 Å². The summed E-state index contributed by atoms with van der Waals surface area (Å²) in [6, 6.07) is 0. The van der Waals surface area contributed by atoms with Crippen molar-refractivity contribution in [2.24, 2.45) is 17.6 Å². The summed E-state index contributed by atoms with van der Waals surface area (Å²) < 4.78 is 5.67. The minimum atomic E-state index is 0.245. The average molecular weight is 254 g/mol. The number of methoxy groups -OCH3 is 1. The highest BCUT2D eigenvalue weighted by atomic mass is 16.5. The summed E-state index contributed by atoms with van der Waals surface area (Å²) in [5, 5.41) is 0. The number of rotatable bonds is 3. The molecule has 1 saturated heterocycles. The van der Waals surface area contributed by atoms with E-state index in [4.69, 9.17) is 10.5 Å². The van der Waals surface area contributed by atoms with Gasteiger partial charge >= 0.3 is 0 Å². The van der Waals surface area contributed by atoms with Crippen molar-refractivity contribution in [2.45, 2.75) is 57.6 Å². The number of hydrogen-bond acceptors (Lipinski definition) is 3. The van der Waals surface area contributed by atoms with Crippen molar-refractivity contribution >= 4 is 0 Å². The van der Waals surface area contributed by atoms with Crippen molar-refractivity contribution in [3.05, 3.63) is 0 Å². The van der Waals surface area contributed by atoms with Gasteiger partial charge in [0.15, 0.2) is 0 Å². The van der Waals surface area contributed by atoms with Gasteiger partial charge in [0, 0.05) is 25.7 Å². The number of ether oxygens (including phenoxy) is 1. The molecule has 1 heterocycles. The Morgan fingerprint density at radius 3 is 2.67 bits per heavy atom. The van der Waals surface area contributed by atoms with Crippen LogP contribution in [-0.4, -0.2) is 43.3 Å². The third kappa shape index (κ3) is 2.45. The van der Waals surface area contributed by atoms with Gasteiger partial charge in [-0.2, -0.15) is 0 Å². The molecular weight excluding hydrogens is 224 g/mol. The van der Waals surface area contributed by atoms with Gasteiger partial charge in [-0.25, -0.2) is 0 Å². The van der Waals surface area contributed by atoms with Crippen molar-refractivity contribution in [3.8, 4) is 0 Å². The molecule has 0 aromatic carbocycles. The first-order valence-electron chi connectivity index (χ1n) is 7.62. The SMILES string of the molecule is COC1CN(C2(CN)CCCCC2C)CCC1C. The molecular formula is C15H30N2O. The zero-order valence-corrected chi connectivity index (χ0v) is 12.3. The molecule has 1 saturated carbocycles. The molecule has 0 aromatic heterocycles. The predicted octanol–water partition coefficient (Wildman–Crippen LogP) is 2.25. The van der Waals surface area contributed by atoms with Crippen molar-refractivity contribution in [3.63, 3.8) is 0 Å². The molecule has 4 unspecified atom stereocenters. The van der Waals surface area contributed by atoms with E-state index in [2.05, 4.69) is 18.7 Å². The lowest BCUT2D eigenvalue weighted by atomic mass is 9.71. The van der Waals surface area contributed by atoms with Gasteiger partial charge in [0.25, 0.3) is 0 Å². The molecule has 106 valence electrons. The summed E-state index contributed by atoms with van der Waals surface area (Å²) in [7, 11) is 1.85. The fourth-order valence-corrected chi connectivity index (χ4v) is 4.04. The van der Waals surface area contributed by atoms with Gasteiger partial charge in [-0.15, -0.1) is 0 Å². The molecule has 2 aliphatic rings. The number of piperidine rings is 1. The van der Waals surface area contributed by atoms with E-state index in [9.17, 15) is 0 Å². The van der Waals surface area contributed by atoms with Crippen LogP contribution >= 0.6 is 0 Å². The van der Waals surface area contributed by atoms with Crippen LogP contribution in [0.5, 0.6) is 0 Å². The molecule has 0 amide bonds. The average Bonchev–Trinajstić information content (AvgIpc) is 2.40. The predicted molar refractivity (Wildman–Crippen MR) is 75.6 cm³/mol. The number of likely N-dealkylation sites (tertiary alicyclic amines) is 1. The maximum atomic E-state index is 6.20. The van der Waals surface area contributed by atoms with E-state index in [1.165, 1.54) is 38.6 Å². The van der Waals surface area contributed by atoms with Crippen molar-refractivity contribution < 1.29 is 4.74 Å². The van der Waals surface area contributed by atoms with E-state index < -0.39 is 0 Å². The van der Waals surface area contributed by atoms with Gasteiger partial charge in [-0.05, 0) is 37.6 Å². The zero-order chi connectivity index (χ0) is 13.2. The van der Waals surface area contributed by atoms with E-state index >= 15 is 0 Å². The first-order valence-corrected chi connectivity index (χ1v) is 7.62. The lowest BCUT2D eigenvalue weighted by Gasteiger charge is -2.53. The van der Waals surface area contributed by atoms with Gasteiger partial charge in [0.1, 0.15) is 0 Å². The molecule has 2 rings (SSSR count). The molecule has 0 radical (unpaired) electrons. The summed E-state index contributed by atoms with van der Waals surface area (Å²) in [6.07, 6.45) is 6.95. The maximum absolute atomic E-state index is 6.20. The molecule has 2 fully saturated rings. The molecule has 4 atom stereocenters. The monoisotopic (exact) mass is 254 g/mol. The van der Waals surface area contributed by atoms with Gasteiger partial charge < -0.3 is 10.5 Å². The van der Waals surface area contributed by atoms with Crippen LogP contribution in [0.15, 0.2) is 0 Å². The normalized spacial score (nSPS) is 43.0. The minimum Gasteiger partial charge on any atom is -0.380 e. The van der Waals surface area contributed by atoms with E-state index in [0.29, 0.717) is 12.0 Å². The van der Waals surface area contributed by atoms with Crippen LogP contribution in [0.4, 0.5) is 0 Å². The van der Waals surface area contributed by atoms with Crippen LogP contribution in [0.25, 0.3) is 0 Å². The van der Waals surface area contributed by atoms with Crippen molar-refractivity contribution in [2.75, 3.05) is 26.7 Å². The molecule has 0 spiro atoms. The summed E-state index contributed by atoms with van der Waals surface area (Å²) in [6.45, 7) is 7.78. The molecule has 0 aromatic rings. The Bertz CT molecular complexity index is 271. The van der Waals surface area contributed by atoms with Crippen molar-refractivity contribution in [1.82, 2.24) is 4.90 Å². The highest BCUT2D eigenvalue weighted by Gasteiger charge is 2.44. The van der Waals surface area contributed by atoms with Crippen LogP contribution in [-0.2, 0) is 4.74 Å². The summed E-state index contributed by atoms with van der Waals surface area (Å²) in [4.78, 5) is 2.66. The first kappa shape index (κ1) is 14.3. The molecule has 1 aliphatic carbocycles. The largest absolute Gasteiger partial charge is 0.380 e. The van der Waals surface area contributed by atoms with Crippen LogP contribution in [0.2, 0.25) is 0 Å². The highest BCUT2D eigenvalue weighted by Crippen LogP contribution is 2.39. The quantitative estimate of drug-likeness (QED) is 0.839. The summed E-state index contributed by atoms with van der Waals surface area (Å²) in [5.74, 6) is 1.40. The Balaban J connectivity index is 2.12. The summed E-state index contributed by atoms with van der Waals surface area (Å²) >= 11 is 0. The van der Waals surface area contributed by atoms with Gasteiger partial charge in [-0.3, -0.25) is 4.90 Å². The van der Waals surface area contributed by atoms with E-state index in [-0.39, 0.29) is 5.54 Å². The van der Waals surface area contributed by atoms with E-state index in [0.717, 1.165) is 19.0 Å². The molecule has 0 bridgehead atoms. The van der Waals surface area contributed by atoms with Gasteiger partial charge in [0.05, 0.1) is 6.10 Å². The fraction of sp³-hybridized carbons (Fsp3) is 1.00. The Morgan fingerprint density at radius 1 is 1.28 bits per heavy atom. The van der Waals surface area contributed by atoms with Crippen LogP contribution in [0.1, 0.15) is 46.0 Å².